The quantitative estimate of drug-likeness (QED) is 0.421. The fourth-order valence-corrected chi connectivity index (χ4v) is 1.79. The van der Waals surface area contributed by atoms with Gasteiger partial charge in [0.05, 0.1) is 16.3 Å². The van der Waals surface area contributed by atoms with Gasteiger partial charge in [0.2, 0.25) is 0 Å². The largest absolute Gasteiger partial charge is 0.410 e. The van der Waals surface area contributed by atoms with Gasteiger partial charge in [-0.3, -0.25) is 4.79 Å². The molecule has 0 unspecified atom stereocenters. The molecule has 0 bridgehead atoms. The molecule has 1 amide bonds. The molecule has 6 heteroatoms. The first kappa shape index (κ1) is 9.30. The number of nitrogens with zero attached hydrogens (tertiary/aromatic N) is 2. The molecule has 0 atom stereocenters. The summed E-state index contributed by atoms with van der Waals surface area (Å²) >= 11 is 11.5. The molecular weight excluding hydrogens is 227 g/mol. The maximum absolute atomic E-state index is 11.4. The fraction of sp³-hybridized carbons (Fsp3) is 0. The molecule has 0 spiro atoms. The number of fused-ring (bicyclic) bond motifs is 1. The normalized spacial score (nSPS) is 17.7. The third-order valence-corrected chi connectivity index (χ3v) is 2.57. The Bertz CT molecular complexity index is 445. The number of amides is 1. The van der Waals surface area contributed by atoms with Crippen molar-refractivity contribution < 1.29 is 10.0 Å². The zero-order chi connectivity index (χ0) is 10.3. The van der Waals surface area contributed by atoms with E-state index in [9.17, 15) is 4.79 Å². The van der Waals surface area contributed by atoms with Crippen molar-refractivity contribution in [1.29, 1.82) is 0 Å². The van der Waals surface area contributed by atoms with E-state index in [0.29, 0.717) is 16.3 Å². The Kier molecular flexibility index (Phi) is 2.09. The second kappa shape index (κ2) is 3.15. The average molecular weight is 231 g/mol. The van der Waals surface area contributed by atoms with Gasteiger partial charge in [0.15, 0.2) is 5.71 Å². The summed E-state index contributed by atoms with van der Waals surface area (Å²) in [7, 11) is 0. The van der Waals surface area contributed by atoms with E-state index in [4.69, 9.17) is 28.6 Å². The van der Waals surface area contributed by atoms with Crippen molar-refractivity contribution in [3.05, 3.63) is 28.8 Å². The molecule has 0 aromatic heterocycles. The van der Waals surface area contributed by atoms with E-state index < -0.39 is 5.91 Å². The molecule has 0 fully saturated rings. The van der Waals surface area contributed by atoms with E-state index >= 15 is 0 Å². The summed E-state index contributed by atoms with van der Waals surface area (Å²) in [5.41, 5.74) is 0.647. The molecule has 1 heterocycles. The third kappa shape index (κ3) is 1.08. The molecule has 0 aliphatic carbocycles. The highest BCUT2D eigenvalue weighted by molar-refractivity contribution is 6.64. The predicted octanol–water partition coefficient (Wildman–Crippen LogP) is 2.02. The summed E-state index contributed by atoms with van der Waals surface area (Å²) in [4.78, 5) is 11.4. The van der Waals surface area contributed by atoms with Crippen LogP contribution in [0.25, 0.3) is 0 Å². The van der Waals surface area contributed by atoms with Crippen LogP contribution < -0.4 is 4.42 Å². The second-order valence-corrected chi connectivity index (χ2v) is 3.41. The van der Waals surface area contributed by atoms with Gasteiger partial charge in [0.1, 0.15) is 0 Å². The van der Waals surface area contributed by atoms with Crippen LogP contribution in [0.2, 0.25) is 5.02 Å². The maximum Gasteiger partial charge on any atom is 0.295 e. The Balaban J connectivity index is 2.74. The Morgan fingerprint density at radius 2 is 2.14 bits per heavy atom. The summed E-state index contributed by atoms with van der Waals surface area (Å²) in [5.74, 6) is -0.586. The molecule has 4 nitrogen and oxygen atoms in total. The number of halogens is 2. The van der Waals surface area contributed by atoms with E-state index in [2.05, 4.69) is 5.16 Å². The van der Waals surface area contributed by atoms with Crippen molar-refractivity contribution in [3.8, 4) is 0 Å². The van der Waals surface area contributed by atoms with Crippen molar-refractivity contribution in [3.63, 3.8) is 0 Å². The van der Waals surface area contributed by atoms with Crippen LogP contribution >= 0.6 is 23.4 Å². The SMILES string of the molecule is O=C1/C(=N\O)c2c(Cl)cccc2N1Cl. The molecule has 72 valence electrons. The predicted molar refractivity (Wildman–Crippen MR) is 53.1 cm³/mol. The molecule has 14 heavy (non-hydrogen) atoms. The van der Waals surface area contributed by atoms with Gasteiger partial charge in [-0.2, -0.15) is 0 Å². The van der Waals surface area contributed by atoms with Crippen LogP contribution in [0.15, 0.2) is 23.4 Å². The molecule has 1 aromatic rings. The van der Waals surface area contributed by atoms with Gasteiger partial charge >= 0.3 is 0 Å². The summed E-state index contributed by atoms with van der Waals surface area (Å²) < 4.78 is 0.871. The van der Waals surface area contributed by atoms with Crippen molar-refractivity contribution in [2.75, 3.05) is 4.42 Å². The highest BCUT2D eigenvalue weighted by Crippen LogP contribution is 2.35. The Labute approximate surface area is 89.4 Å². The monoisotopic (exact) mass is 230 g/mol. The lowest BCUT2D eigenvalue weighted by Crippen LogP contribution is -2.20. The van der Waals surface area contributed by atoms with Crippen LogP contribution in [0.3, 0.4) is 0 Å². The molecule has 1 aliphatic heterocycles. The minimum atomic E-state index is -0.586. The number of hydrogen-bond donors (Lipinski definition) is 1. The van der Waals surface area contributed by atoms with Crippen LogP contribution in [-0.4, -0.2) is 16.8 Å². The molecule has 2 rings (SSSR count). The zero-order valence-corrected chi connectivity index (χ0v) is 8.25. The van der Waals surface area contributed by atoms with Crippen LogP contribution in [-0.2, 0) is 4.79 Å². The van der Waals surface area contributed by atoms with Gasteiger partial charge in [-0.15, -0.1) is 0 Å². The van der Waals surface area contributed by atoms with Crippen molar-refractivity contribution in [2.24, 2.45) is 5.16 Å². The highest BCUT2D eigenvalue weighted by Gasteiger charge is 2.35. The van der Waals surface area contributed by atoms with Gasteiger partial charge in [-0.05, 0) is 12.1 Å². The maximum atomic E-state index is 11.4. The van der Waals surface area contributed by atoms with Gasteiger partial charge in [0.25, 0.3) is 5.91 Å². The van der Waals surface area contributed by atoms with Crippen LogP contribution in [0, 0.1) is 0 Å². The topological polar surface area (TPSA) is 52.9 Å². The lowest BCUT2D eigenvalue weighted by Gasteiger charge is -2.04. The number of carbonyl (C=O) groups is 1. The minimum absolute atomic E-state index is 0.138. The van der Waals surface area contributed by atoms with Gasteiger partial charge in [-0.25, -0.2) is 4.42 Å². The number of rotatable bonds is 0. The Hall–Kier alpha value is -1.26. The second-order valence-electron chi connectivity index (χ2n) is 2.67. The van der Waals surface area contributed by atoms with Gasteiger partial charge in [-0.1, -0.05) is 22.8 Å². The van der Waals surface area contributed by atoms with E-state index in [0.717, 1.165) is 4.42 Å². The first-order valence-electron chi connectivity index (χ1n) is 3.68. The summed E-state index contributed by atoms with van der Waals surface area (Å²) in [6, 6.07) is 4.86. The lowest BCUT2D eigenvalue weighted by atomic mass is 10.1. The molecule has 0 radical (unpaired) electrons. The standard InChI is InChI=1S/C8H4Cl2N2O2/c9-4-2-1-3-5-6(4)7(11-14)8(13)12(5)10/h1-3,14H/b11-7-. The van der Waals surface area contributed by atoms with Crippen molar-refractivity contribution in [2.45, 2.75) is 0 Å². The van der Waals surface area contributed by atoms with Gasteiger partial charge < -0.3 is 5.21 Å². The van der Waals surface area contributed by atoms with E-state index in [1.807, 2.05) is 0 Å². The zero-order valence-electron chi connectivity index (χ0n) is 6.74. The number of benzene rings is 1. The minimum Gasteiger partial charge on any atom is -0.410 e. The number of oxime groups is 1. The number of carbonyl (C=O) groups excluding carboxylic acids is 1. The molecule has 1 aliphatic rings. The summed E-state index contributed by atoms with van der Waals surface area (Å²) in [5, 5.41) is 11.9. The summed E-state index contributed by atoms with van der Waals surface area (Å²) in [6.45, 7) is 0. The molecular formula is C8H4Cl2N2O2. The van der Waals surface area contributed by atoms with E-state index in [-0.39, 0.29) is 5.71 Å². The Morgan fingerprint density at radius 3 is 2.79 bits per heavy atom. The molecule has 1 aromatic carbocycles. The van der Waals surface area contributed by atoms with Crippen molar-refractivity contribution in [1.82, 2.24) is 0 Å². The first-order chi connectivity index (χ1) is 6.66. The van der Waals surface area contributed by atoms with Crippen LogP contribution in [0.4, 0.5) is 5.69 Å². The first-order valence-corrected chi connectivity index (χ1v) is 4.39. The number of hydrogen-bond acceptors (Lipinski definition) is 3. The summed E-state index contributed by atoms with van der Waals surface area (Å²) in [6.07, 6.45) is 0. The fourth-order valence-electron chi connectivity index (χ4n) is 1.31. The third-order valence-electron chi connectivity index (χ3n) is 1.92. The highest BCUT2D eigenvalue weighted by atomic mass is 35.5. The van der Waals surface area contributed by atoms with Crippen LogP contribution in [0.1, 0.15) is 5.56 Å². The molecule has 1 N–H and O–H groups in total. The van der Waals surface area contributed by atoms with E-state index in [1.165, 1.54) is 0 Å². The average Bonchev–Trinajstić information content (AvgIpc) is 2.43. The smallest absolute Gasteiger partial charge is 0.295 e. The Morgan fingerprint density at radius 1 is 1.43 bits per heavy atom. The number of anilines is 1. The van der Waals surface area contributed by atoms with Gasteiger partial charge in [0, 0.05) is 11.8 Å². The molecule has 0 saturated heterocycles. The molecule has 0 saturated carbocycles. The van der Waals surface area contributed by atoms with Crippen LogP contribution in [0.5, 0.6) is 0 Å². The lowest BCUT2D eigenvalue weighted by molar-refractivity contribution is -0.111. The van der Waals surface area contributed by atoms with Crippen molar-refractivity contribution >= 4 is 40.7 Å². The van der Waals surface area contributed by atoms with E-state index in [1.54, 1.807) is 18.2 Å².